The van der Waals surface area contributed by atoms with E-state index < -0.39 is 17.4 Å². The minimum atomic E-state index is -0.678. The van der Waals surface area contributed by atoms with Crippen LogP contribution in [-0.2, 0) is 6.61 Å². The maximum absolute atomic E-state index is 12.6. The number of primary amides is 1. The molecule has 0 saturated heterocycles. The average Bonchev–Trinajstić information content (AvgIpc) is 2.67. The number of nitrogens with one attached hydrogen (secondary N) is 1. The molecule has 3 aromatic rings. The van der Waals surface area contributed by atoms with Gasteiger partial charge in [0, 0.05) is 6.20 Å². The lowest BCUT2D eigenvalue weighted by molar-refractivity contribution is 0.0863. The topological polar surface area (TPSA) is 103 Å². The van der Waals surface area contributed by atoms with E-state index in [2.05, 4.69) is 5.32 Å². The van der Waals surface area contributed by atoms with Crippen molar-refractivity contribution in [2.24, 2.45) is 5.73 Å². The van der Waals surface area contributed by atoms with Gasteiger partial charge in [-0.05, 0) is 36.8 Å². The number of carbonyl (C=O) groups is 2. The summed E-state index contributed by atoms with van der Waals surface area (Å²) in [5.41, 5.74) is 6.95. The summed E-state index contributed by atoms with van der Waals surface area (Å²) in [6, 6.07) is 16.9. The van der Waals surface area contributed by atoms with Crippen LogP contribution in [-0.4, -0.2) is 16.5 Å². The standard InChI is InChI=1S/C21H19N3O4/c1-14-6-4-7-15(12-14)13-28-24-11-5-9-17(21(24)27)20(26)23-18-10-3-2-8-16(18)19(22)25/h2-12H,13H2,1H3,(H2,22,25)(H,23,26). The summed E-state index contributed by atoms with van der Waals surface area (Å²) < 4.78 is 1.01. The highest BCUT2D eigenvalue weighted by molar-refractivity contribution is 6.08. The Labute approximate surface area is 161 Å². The molecule has 1 aromatic heterocycles. The number of aryl methyl sites for hydroxylation is 1. The van der Waals surface area contributed by atoms with Crippen LogP contribution in [0.15, 0.2) is 71.7 Å². The third kappa shape index (κ3) is 4.27. The van der Waals surface area contributed by atoms with E-state index in [4.69, 9.17) is 10.6 Å². The van der Waals surface area contributed by atoms with E-state index in [1.54, 1.807) is 12.1 Å². The van der Waals surface area contributed by atoms with Gasteiger partial charge in [0.15, 0.2) is 0 Å². The van der Waals surface area contributed by atoms with Crippen molar-refractivity contribution >= 4 is 17.5 Å². The zero-order valence-electron chi connectivity index (χ0n) is 15.2. The van der Waals surface area contributed by atoms with Crippen molar-refractivity contribution in [1.82, 2.24) is 4.73 Å². The van der Waals surface area contributed by atoms with Crippen molar-refractivity contribution in [2.45, 2.75) is 13.5 Å². The molecule has 0 spiro atoms. The zero-order valence-corrected chi connectivity index (χ0v) is 15.2. The van der Waals surface area contributed by atoms with Crippen LogP contribution in [0.4, 0.5) is 5.69 Å². The Morgan fingerprint density at radius 3 is 2.54 bits per heavy atom. The van der Waals surface area contributed by atoms with Crippen LogP contribution < -0.4 is 21.4 Å². The number of amides is 2. The molecular weight excluding hydrogens is 358 g/mol. The first kappa shape index (κ1) is 18.9. The monoisotopic (exact) mass is 377 g/mol. The van der Waals surface area contributed by atoms with Gasteiger partial charge in [0.1, 0.15) is 12.2 Å². The first-order valence-corrected chi connectivity index (χ1v) is 8.56. The smallest absolute Gasteiger partial charge is 0.295 e. The summed E-state index contributed by atoms with van der Waals surface area (Å²) in [6.45, 7) is 2.14. The molecule has 0 fully saturated rings. The Hall–Kier alpha value is -3.87. The molecule has 1 heterocycles. The lowest BCUT2D eigenvalue weighted by Gasteiger charge is -2.11. The first-order chi connectivity index (χ1) is 13.5. The second-order valence-electron chi connectivity index (χ2n) is 6.18. The normalized spacial score (nSPS) is 10.3. The van der Waals surface area contributed by atoms with Gasteiger partial charge in [-0.2, -0.15) is 4.73 Å². The lowest BCUT2D eigenvalue weighted by Crippen LogP contribution is -2.32. The minimum absolute atomic E-state index is 0.119. The van der Waals surface area contributed by atoms with Gasteiger partial charge in [-0.15, -0.1) is 0 Å². The van der Waals surface area contributed by atoms with Crippen molar-refractivity contribution in [3.63, 3.8) is 0 Å². The van der Waals surface area contributed by atoms with E-state index in [0.29, 0.717) is 0 Å². The summed E-state index contributed by atoms with van der Waals surface area (Å²) in [6.07, 6.45) is 1.44. The average molecular weight is 377 g/mol. The Kier molecular flexibility index (Phi) is 5.55. The number of para-hydroxylation sites is 1. The second kappa shape index (κ2) is 8.22. The number of hydrogen-bond acceptors (Lipinski definition) is 4. The third-order valence-corrected chi connectivity index (χ3v) is 4.05. The molecule has 3 N–H and O–H groups in total. The SMILES string of the molecule is Cc1cccc(COn2cccc(C(=O)Nc3ccccc3C(N)=O)c2=O)c1. The van der Waals surface area contributed by atoms with Crippen LogP contribution in [0.5, 0.6) is 0 Å². The Bertz CT molecular complexity index is 1090. The van der Waals surface area contributed by atoms with Crippen LogP contribution in [0.1, 0.15) is 31.8 Å². The Morgan fingerprint density at radius 2 is 1.79 bits per heavy atom. The van der Waals surface area contributed by atoms with Crippen LogP contribution >= 0.6 is 0 Å². The molecule has 3 rings (SSSR count). The summed E-state index contributed by atoms with van der Waals surface area (Å²) in [7, 11) is 0. The van der Waals surface area contributed by atoms with Gasteiger partial charge in [-0.25, -0.2) is 0 Å². The molecule has 0 saturated carbocycles. The first-order valence-electron chi connectivity index (χ1n) is 8.56. The van der Waals surface area contributed by atoms with Gasteiger partial charge in [-0.3, -0.25) is 14.4 Å². The van der Waals surface area contributed by atoms with Crippen molar-refractivity contribution in [3.8, 4) is 0 Å². The number of nitrogens with zero attached hydrogens (tertiary/aromatic N) is 1. The highest BCUT2D eigenvalue weighted by Gasteiger charge is 2.16. The fourth-order valence-corrected chi connectivity index (χ4v) is 2.69. The summed E-state index contributed by atoms with van der Waals surface area (Å²) in [5.74, 6) is -1.34. The molecule has 0 aliphatic heterocycles. The predicted molar refractivity (Wildman–Crippen MR) is 105 cm³/mol. The summed E-state index contributed by atoms with van der Waals surface area (Å²) in [4.78, 5) is 42.2. The molecule has 142 valence electrons. The minimum Gasteiger partial charge on any atom is -0.406 e. The van der Waals surface area contributed by atoms with Gasteiger partial charge < -0.3 is 15.9 Å². The van der Waals surface area contributed by atoms with E-state index in [-0.39, 0.29) is 23.4 Å². The van der Waals surface area contributed by atoms with Gasteiger partial charge in [0.25, 0.3) is 17.4 Å². The van der Waals surface area contributed by atoms with Crippen molar-refractivity contribution < 1.29 is 14.4 Å². The van der Waals surface area contributed by atoms with Crippen LogP contribution in [0.3, 0.4) is 0 Å². The molecule has 0 bridgehead atoms. The fraction of sp³-hybridized carbons (Fsp3) is 0.0952. The Balaban J connectivity index is 1.80. The number of pyridine rings is 1. The molecule has 0 radical (unpaired) electrons. The van der Waals surface area contributed by atoms with Crippen molar-refractivity contribution in [2.75, 3.05) is 5.32 Å². The second-order valence-corrected chi connectivity index (χ2v) is 6.18. The van der Waals surface area contributed by atoms with Crippen LogP contribution in [0.2, 0.25) is 0 Å². The zero-order chi connectivity index (χ0) is 20.1. The third-order valence-electron chi connectivity index (χ3n) is 4.05. The highest BCUT2D eigenvalue weighted by atomic mass is 16.7. The predicted octanol–water partition coefficient (Wildman–Crippen LogP) is 2.14. The van der Waals surface area contributed by atoms with Crippen molar-refractivity contribution in [1.29, 1.82) is 0 Å². The van der Waals surface area contributed by atoms with E-state index >= 15 is 0 Å². The van der Waals surface area contributed by atoms with E-state index in [1.807, 2.05) is 31.2 Å². The molecular formula is C21H19N3O4. The van der Waals surface area contributed by atoms with E-state index in [0.717, 1.165) is 15.9 Å². The highest BCUT2D eigenvalue weighted by Crippen LogP contribution is 2.15. The molecule has 0 aliphatic rings. The number of aromatic nitrogens is 1. The van der Waals surface area contributed by atoms with Gasteiger partial charge in [0.05, 0.1) is 11.3 Å². The van der Waals surface area contributed by atoms with E-state index in [9.17, 15) is 14.4 Å². The largest absolute Gasteiger partial charge is 0.406 e. The quantitative estimate of drug-likeness (QED) is 0.687. The maximum Gasteiger partial charge on any atom is 0.295 e. The number of benzene rings is 2. The molecule has 7 heteroatoms. The van der Waals surface area contributed by atoms with Crippen molar-refractivity contribution in [3.05, 3.63) is 99.5 Å². The maximum atomic E-state index is 12.6. The molecule has 0 unspecified atom stereocenters. The molecule has 2 aromatic carbocycles. The number of rotatable bonds is 6. The molecule has 2 amide bonds. The summed E-state index contributed by atoms with van der Waals surface area (Å²) in [5, 5.41) is 2.55. The summed E-state index contributed by atoms with van der Waals surface area (Å²) >= 11 is 0. The fourth-order valence-electron chi connectivity index (χ4n) is 2.69. The number of nitrogens with two attached hydrogens (primary N) is 1. The molecule has 28 heavy (non-hydrogen) atoms. The molecule has 0 atom stereocenters. The van der Waals surface area contributed by atoms with Gasteiger partial charge >= 0.3 is 0 Å². The molecule has 0 aliphatic carbocycles. The molecule has 7 nitrogen and oxygen atoms in total. The van der Waals surface area contributed by atoms with Crippen LogP contribution in [0, 0.1) is 6.92 Å². The van der Waals surface area contributed by atoms with E-state index in [1.165, 1.54) is 30.5 Å². The Morgan fingerprint density at radius 1 is 1.04 bits per heavy atom. The van der Waals surface area contributed by atoms with Gasteiger partial charge in [0.2, 0.25) is 0 Å². The number of anilines is 1. The lowest BCUT2D eigenvalue weighted by atomic mass is 10.1. The number of carbonyl (C=O) groups excluding carboxylic acids is 2. The van der Waals surface area contributed by atoms with Crippen LogP contribution in [0.25, 0.3) is 0 Å². The number of hydrogen-bond donors (Lipinski definition) is 2. The van der Waals surface area contributed by atoms with Gasteiger partial charge in [-0.1, -0.05) is 42.0 Å².